The lowest BCUT2D eigenvalue weighted by Gasteiger charge is -2.20. The minimum absolute atomic E-state index is 0.0227. The lowest BCUT2D eigenvalue weighted by Crippen LogP contribution is -2.40. The zero-order valence-electron chi connectivity index (χ0n) is 12.2. The van der Waals surface area contributed by atoms with Gasteiger partial charge < -0.3 is 15.2 Å². The van der Waals surface area contributed by atoms with Crippen LogP contribution in [0.5, 0.6) is 5.75 Å². The van der Waals surface area contributed by atoms with E-state index < -0.39 is 6.10 Å². The maximum Gasteiger partial charge on any atom is 0.234 e. The Morgan fingerprint density at radius 1 is 1.40 bits per heavy atom. The molecular weight excluding hydrogens is 256 g/mol. The summed E-state index contributed by atoms with van der Waals surface area (Å²) in [4.78, 5) is 13.3. The first kappa shape index (κ1) is 16.5. The van der Waals surface area contributed by atoms with E-state index >= 15 is 0 Å². The third kappa shape index (κ3) is 7.11. The van der Waals surface area contributed by atoms with E-state index in [2.05, 4.69) is 5.32 Å². The van der Waals surface area contributed by atoms with Crippen LogP contribution in [0.15, 0.2) is 30.3 Å². The summed E-state index contributed by atoms with van der Waals surface area (Å²) in [5.41, 5.74) is 0. The number of rotatable bonds is 9. The van der Waals surface area contributed by atoms with Gasteiger partial charge in [-0.15, -0.1) is 0 Å². The van der Waals surface area contributed by atoms with Crippen LogP contribution in [0.1, 0.15) is 13.3 Å². The molecule has 0 fully saturated rings. The van der Waals surface area contributed by atoms with Crippen LogP contribution in [0.2, 0.25) is 0 Å². The highest BCUT2D eigenvalue weighted by molar-refractivity contribution is 5.77. The Morgan fingerprint density at radius 3 is 2.75 bits per heavy atom. The molecule has 112 valence electrons. The summed E-state index contributed by atoms with van der Waals surface area (Å²) in [5.74, 6) is 0.709. The highest BCUT2D eigenvalue weighted by Crippen LogP contribution is 2.08. The highest BCUT2D eigenvalue weighted by Gasteiger charge is 2.11. The Kier molecular flexibility index (Phi) is 7.69. The standard InChI is InChI=1S/C15H24N2O3/c1-3-9-16-15(19)11-17(2)10-13(18)12-20-14-7-5-4-6-8-14/h4-8,13,18H,3,9-12H2,1-2H3,(H,16,19). The molecule has 1 amide bonds. The number of hydrogen-bond acceptors (Lipinski definition) is 4. The quantitative estimate of drug-likeness (QED) is 0.705. The molecule has 0 spiro atoms. The van der Waals surface area contributed by atoms with E-state index in [1.54, 1.807) is 11.9 Å². The van der Waals surface area contributed by atoms with Crippen LogP contribution >= 0.6 is 0 Å². The van der Waals surface area contributed by atoms with Gasteiger partial charge in [-0.1, -0.05) is 25.1 Å². The molecule has 0 aliphatic heterocycles. The predicted octanol–water partition coefficient (Wildman–Crippen LogP) is 0.884. The van der Waals surface area contributed by atoms with Gasteiger partial charge in [-0.2, -0.15) is 0 Å². The smallest absolute Gasteiger partial charge is 0.234 e. The van der Waals surface area contributed by atoms with Crippen molar-refractivity contribution in [2.75, 3.05) is 33.3 Å². The van der Waals surface area contributed by atoms with Gasteiger partial charge >= 0.3 is 0 Å². The molecule has 0 saturated carbocycles. The average Bonchev–Trinajstić information content (AvgIpc) is 2.44. The first-order valence-electron chi connectivity index (χ1n) is 6.93. The molecule has 1 unspecified atom stereocenters. The number of amides is 1. The first-order valence-corrected chi connectivity index (χ1v) is 6.93. The third-order valence-electron chi connectivity index (χ3n) is 2.69. The minimum atomic E-state index is -0.626. The van der Waals surface area contributed by atoms with E-state index in [0.29, 0.717) is 13.1 Å². The van der Waals surface area contributed by atoms with Crippen molar-refractivity contribution in [1.82, 2.24) is 10.2 Å². The van der Waals surface area contributed by atoms with Gasteiger partial charge in [0.15, 0.2) is 0 Å². The number of hydrogen-bond donors (Lipinski definition) is 2. The maximum absolute atomic E-state index is 11.5. The van der Waals surface area contributed by atoms with Gasteiger partial charge in [0.1, 0.15) is 18.5 Å². The second kappa shape index (κ2) is 9.34. The summed E-state index contributed by atoms with van der Waals surface area (Å²) >= 11 is 0. The molecule has 5 nitrogen and oxygen atoms in total. The van der Waals surface area contributed by atoms with Crippen molar-refractivity contribution in [2.45, 2.75) is 19.4 Å². The predicted molar refractivity (Wildman–Crippen MR) is 78.7 cm³/mol. The van der Waals surface area contributed by atoms with Crippen molar-refractivity contribution in [3.63, 3.8) is 0 Å². The SMILES string of the molecule is CCCNC(=O)CN(C)CC(O)COc1ccccc1. The summed E-state index contributed by atoms with van der Waals surface area (Å²) in [6.45, 7) is 3.58. The van der Waals surface area contributed by atoms with Gasteiger partial charge in [0.2, 0.25) is 5.91 Å². The molecule has 0 heterocycles. The number of carbonyl (C=O) groups excluding carboxylic acids is 1. The lowest BCUT2D eigenvalue weighted by molar-refractivity contribution is -0.122. The van der Waals surface area contributed by atoms with Gasteiger partial charge in [-0.3, -0.25) is 9.69 Å². The number of likely N-dealkylation sites (N-methyl/N-ethyl adjacent to an activating group) is 1. The molecule has 0 saturated heterocycles. The van der Waals surface area contributed by atoms with Gasteiger partial charge in [0.25, 0.3) is 0 Å². The lowest BCUT2D eigenvalue weighted by atomic mass is 10.3. The van der Waals surface area contributed by atoms with Gasteiger partial charge in [0, 0.05) is 13.1 Å². The van der Waals surface area contributed by atoms with Crippen LogP contribution in [0.3, 0.4) is 0 Å². The highest BCUT2D eigenvalue weighted by atomic mass is 16.5. The number of aliphatic hydroxyl groups is 1. The molecule has 1 rings (SSSR count). The van der Waals surface area contributed by atoms with E-state index in [-0.39, 0.29) is 19.1 Å². The van der Waals surface area contributed by atoms with Crippen molar-refractivity contribution >= 4 is 5.91 Å². The molecule has 0 aromatic heterocycles. The number of nitrogens with zero attached hydrogens (tertiary/aromatic N) is 1. The van der Waals surface area contributed by atoms with E-state index in [9.17, 15) is 9.90 Å². The van der Waals surface area contributed by atoms with Crippen molar-refractivity contribution in [3.8, 4) is 5.75 Å². The fourth-order valence-electron chi connectivity index (χ4n) is 1.75. The largest absolute Gasteiger partial charge is 0.491 e. The monoisotopic (exact) mass is 280 g/mol. The number of benzene rings is 1. The van der Waals surface area contributed by atoms with Crippen molar-refractivity contribution < 1.29 is 14.6 Å². The molecule has 20 heavy (non-hydrogen) atoms. The van der Waals surface area contributed by atoms with Crippen LogP contribution in [-0.2, 0) is 4.79 Å². The van der Waals surface area contributed by atoms with Crippen LogP contribution in [-0.4, -0.2) is 55.3 Å². The van der Waals surface area contributed by atoms with E-state index in [0.717, 1.165) is 12.2 Å². The van der Waals surface area contributed by atoms with Crippen LogP contribution < -0.4 is 10.1 Å². The summed E-state index contributed by atoms with van der Waals surface area (Å²) in [6, 6.07) is 9.35. The summed E-state index contributed by atoms with van der Waals surface area (Å²) in [5, 5.41) is 12.7. The molecule has 0 aliphatic rings. The fourth-order valence-corrected chi connectivity index (χ4v) is 1.75. The summed E-state index contributed by atoms with van der Waals surface area (Å²) in [7, 11) is 1.80. The Morgan fingerprint density at radius 2 is 2.10 bits per heavy atom. The average molecular weight is 280 g/mol. The van der Waals surface area contributed by atoms with Crippen LogP contribution in [0.25, 0.3) is 0 Å². The van der Waals surface area contributed by atoms with E-state index in [4.69, 9.17) is 4.74 Å². The molecule has 0 bridgehead atoms. The minimum Gasteiger partial charge on any atom is -0.491 e. The van der Waals surface area contributed by atoms with Crippen molar-refractivity contribution in [2.24, 2.45) is 0 Å². The normalized spacial score (nSPS) is 12.2. The van der Waals surface area contributed by atoms with E-state index in [1.807, 2.05) is 37.3 Å². The molecule has 5 heteroatoms. The molecule has 0 radical (unpaired) electrons. The summed E-state index contributed by atoms with van der Waals surface area (Å²) < 4.78 is 5.46. The fraction of sp³-hybridized carbons (Fsp3) is 0.533. The third-order valence-corrected chi connectivity index (χ3v) is 2.69. The molecule has 1 aromatic carbocycles. The Labute approximate surface area is 120 Å². The number of nitrogens with one attached hydrogen (secondary N) is 1. The zero-order chi connectivity index (χ0) is 14.8. The Balaban J connectivity index is 2.20. The second-order valence-corrected chi connectivity index (χ2v) is 4.82. The van der Waals surface area contributed by atoms with Gasteiger partial charge in [-0.05, 0) is 25.6 Å². The second-order valence-electron chi connectivity index (χ2n) is 4.82. The van der Waals surface area contributed by atoms with Gasteiger partial charge in [0.05, 0.1) is 6.54 Å². The van der Waals surface area contributed by atoms with E-state index in [1.165, 1.54) is 0 Å². The van der Waals surface area contributed by atoms with Crippen molar-refractivity contribution in [1.29, 1.82) is 0 Å². The molecule has 2 N–H and O–H groups in total. The summed E-state index contributed by atoms with van der Waals surface area (Å²) in [6.07, 6.45) is 0.294. The van der Waals surface area contributed by atoms with Crippen LogP contribution in [0.4, 0.5) is 0 Å². The number of aliphatic hydroxyl groups excluding tert-OH is 1. The number of carbonyl (C=O) groups is 1. The number of ether oxygens (including phenoxy) is 1. The molecular formula is C15H24N2O3. The molecule has 0 aliphatic carbocycles. The van der Waals surface area contributed by atoms with Gasteiger partial charge in [-0.25, -0.2) is 0 Å². The first-order chi connectivity index (χ1) is 9.61. The topological polar surface area (TPSA) is 61.8 Å². The molecule has 1 atom stereocenters. The van der Waals surface area contributed by atoms with Crippen LogP contribution in [0, 0.1) is 0 Å². The van der Waals surface area contributed by atoms with Crippen molar-refractivity contribution in [3.05, 3.63) is 30.3 Å². The number of para-hydroxylation sites is 1. The Hall–Kier alpha value is -1.59. The Bertz CT molecular complexity index is 384. The molecule has 1 aromatic rings. The zero-order valence-corrected chi connectivity index (χ0v) is 12.2. The maximum atomic E-state index is 11.5.